The molecule has 0 atom stereocenters. The lowest BCUT2D eigenvalue weighted by Crippen LogP contribution is -2.01. The second-order valence-electron chi connectivity index (χ2n) is 3.43. The van der Waals surface area contributed by atoms with Gasteiger partial charge in [0, 0.05) is 5.56 Å². The van der Waals surface area contributed by atoms with E-state index in [1.807, 2.05) is 0 Å². The molecule has 0 aliphatic rings. The molecule has 1 aromatic heterocycles. The Kier molecular flexibility index (Phi) is 2.79. The summed E-state index contributed by atoms with van der Waals surface area (Å²) in [6.07, 6.45) is 6.54. The summed E-state index contributed by atoms with van der Waals surface area (Å²) < 4.78 is 28.0. The molecule has 0 aliphatic carbocycles. The molecule has 0 bridgehead atoms. The van der Waals surface area contributed by atoms with Crippen LogP contribution in [-0.2, 0) is 6.54 Å². The number of nitrogens with two attached hydrogens (primary N) is 1. The van der Waals surface area contributed by atoms with Crippen molar-refractivity contribution < 1.29 is 8.78 Å². The Balaban J connectivity index is 2.54. The Labute approximate surface area is 96.9 Å². The molecule has 2 aromatic rings. The molecular weight excluding hydrogens is 224 g/mol. The van der Waals surface area contributed by atoms with Gasteiger partial charge in [-0.05, 0) is 18.2 Å². The largest absolute Gasteiger partial charge is 0.383 e. The van der Waals surface area contributed by atoms with Crippen LogP contribution in [0.3, 0.4) is 0 Å². The molecule has 0 spiro atoms. The van der Waals surface area contributed by atoms with Crippen LogP contribution < -0.4 is 5.73 Å². The molecule has 0 amide bonds. The van der Waals surface area contributed by atoms with Gasteiger partial charge in [-0.3, -0.25) is 0 Å². The molecule has 0 saturated carbocycles. The number of hydrogen-bond acceptors (Lipinski definition) is 2. The van der Waals surface area contributed by atoms with E-state index in [2.05, 4.69) is 10.9 Å². The fraction of sp³-hybridized carbons (Fsp3) is 0.0833. The molecule has 1 heterocycles. The van der Waals surface area contributed by atoms with E-state index in [1.54, 1.807) is 0 Å². The van der Waals surface area contributed by atoms with E-state index in [4.69, 9.17) is 12.2 Å². The lowest BCUT2D eigenvalue weighted by molar-refractivity contribution is 0.603. The van der Waals surface area contributed by atoms with Crippen LogP contribution in [-0.4, -0.2) is 9.55 Å². The molecule has 0 unspecified atom stereocenters. The molecule has 0 fully saturated rings. The smallest absolute Gasteiger partial charge is 0.132 e. The van der Waals surface area contributed by atoms with Gasteiger partial charge in [0.1, 0.15) is 23.1 Å². The minimum absolute atomic E-state index is 0.0262. The summed E-state index contributed by atoms with van der Waals surface area (Å²) in [6, 6.07) is 3.12. The van der Waals surface area contributed by atoms with Gasteiger partial charge >= 0.3 is 0 Å². The van der Waals surface area contributed by atoms with E-state index >= 15 is 0 Å². The number of nitrogen functional groups attached to an aromatic ring is 1. The minimum atomic E-state index is -0.580. The van der Waals surface area contributed by atoms with Crippen LogP contribution >= 0.6 is 0 Å². The van der Waals surface area contributed by atoms with Crippen LogP contribution in [0.4, 0.5) is 14.6 Å². The van der Waals surface area contributed by atoms with Crippen molar-refractivity contribution >= 4 is 5.82 Å². The van der Waals surface area contributed by atoms with Crippen molar-refractivity contribution in [1.82, 2.24) is 9.55 Å². The fourth-order valence-electron chi connectivity index (χ4n) is 1.50. The minimum Gasteiger partial charge on any atom is -0.383 e. The SMILES string of the molecule is C#CCn1cnc(-c2cc(F)ccc2F)c1N. The van der Waals surface area contributed by atoms with Crippen molar-refractivity contribution in [2.24, 2.45) is 0 Å². The zero-order valence-corrected chi connectivity index (χ0v) is 8.82. The number of aromatic nitrogens is 2. The molecule has 17 heavy (non-hydrogen) atoms. The lowest BCUT2D eigenvalue weighted by atomic mass is 10.1. The summed E-state index contributed by atoms with van der Waals surface area (Å²) in [7, 11) is 0. The summed E-state index contributed by atoms with van der Waals surface area (Å²) in [5, 5.41) is 0. The van der Waals surface area contributed by atoms with E-state index in [1.165, 1.54) is 10.9 Å². The number of anilines is 1. The third-order valence-corrected chi connectivity index (χ3v) is 2.32. The Bertz CT molecular complexity index is 596. The first kappa shape index (κ1) is 11.1. The summed E-state index contributed by atoms with van der Waals surface area (Å²) in [4.78, 5) is 3.94. The highest BCUT2D eigenvalue weighted by atomic mass is 19.1. The van der Waals surface area contributed by atoms with Gasteiger partial charge in [0.15, 0.2) is 0 Å². The first-order valence-electron chi connectivity index (χ1n) is 4.83. The molecule has 5 heteroatoms. The zero-order valence-electron chi connectivity index (χ0n) is 8.82. The van der Waals surface area contributed by atoms with Crippen LogP contribution in [0.5, 0.6) is 0 Å². The van der Waals surface area contributed by atoms with Crippen molar-refractivity contribution in [2.45, 2.75) is 6.54 Å². The van der Waals surface area contributed by atoms with Crippen LogP contribution in [0.15, 0.2) is 24.5 Å². The molecule has 2 N–H and O–H groups in total. The highest BCUT2D eigenvalue weighted by molar-refractivity contribution is 5.70. The highest BCUT2D eigenvalue weighted by Crippen LogP contribution is 2.27. The Morgan fingerprint density at radius 2 is 2.18 bits per heavy atom. The Morgan fingerprint density at radius 3 is 2.88 bits per heavy atom. The number of halogens is 2. The Hall–Kier alpha value is -2.35. The van der Waals surface area contributed by atoms with Crippen molar-refractivity contribution in [3.8, 4) is 23.6 Å². The highest BCUT2D eigenvalue weighted by Gasteiger charge is 2.14. The van der Waals surface area contributed by atoms with Crippen molar-refractivity contribution in [3.05, 3.63) is 36.2 Å². The van der Waals surface area contributed by atoms with E-state index in [0.717, 1.165) is 18.2 Å². The summed E-state index contributed by atoms with van der Waals surface area (Å²) >= 11 is 0. The van der Waals surface area contributed by atoms with Crippen LogP contribution in [0.25, 0.3) is 11.3 Å². The molecule has 3 nitrogen and oxygen atoms in total. The topological polar surface area (TPSA) is 43.8 Å². The monoisotopic (exact) mass is 233 g/mol. The van der Waals surface area contributed by atoms with Crippen LogP contribution in [0.2, 0.25) is 0 Å². The maximum atomic E-state index is 13.5. The lowest BCUT2D eigenvalue weighted by Gasteiger charge is -2.03. The van der Waals surface area contributed by atoms with Crippen molar-refractivity contribution in [3.63, 3.8) is 0 Å². The third-order valence-electron chi connectivity index (χ3n) is 2.32. The van der Waals surface area contributed by atoms with Crippen molar-refractivity contribution in [1.29, 1.82) is 0 Å². The summed E-state index contributed by atoms with van der Waals surface area (Å²) in [6.45, 7) is 0.232. The van der Waals surface area contributed by atoms with Gasteiger partial charge in [-0.25, -0.2) is 13.8 Å². The normalized spacial score (nSPS) is 10.2. The van der Waals surface area contributed by atoms with E-state index < -0.39 is 11.6 Å². The van der Waals surface area contributed by atoms with Gasteiger partial charge in [-0.1, -0.05) is 5.92 Å². The van der Waals surface area contributed by atoms with Gasteiger partial charge in [-0.15, -0.1) is 6.42 Å². The predicted molar refractivity (Wildman–Crippen MR) is 60.8 cm³/mol. The average Bonchev–Trinajstić information content (AvgIpc) is 2.65. The molecule has 1 aromatic carbocycles. The number of hydrogen-bond donors (Lipinski definition) is 1. The number of imidazole rings is 1. The molecule has 0 saturated heterocycles. The molecule has 0 aliphatic heterocycles. The van der Waals surface area contributed by atoms with Gasteiger partial charge in [0.25, 0.3) is 0 Å². The average molecular weight is 233 g/mol. The molecular formula is C12H9F2N3. The number of benzene rings is 1. The third kappa shape index (κ3) is 1.97. The van der Waals surface area contributed by atoms with E-state index in [-0.39, 0.29) is 23.6 Å². The van der Waals surface area contributed by atoms with Gasteiger partial charge in [0.2, 0.25) is 0 Å². The number of rotatable bonds is 2. The maximum Gasteiger partial charge on any atom is 0.132 e. The summed E-state index contributed by atoms with van der Waals surface area (Å²) in [5.41, 5.74) is 5.97. The zero-order chi connectivity index (χ0) is 12.4. The molecule has 0 radical (unpaired) electrons. The predicted octanol–water partition coefficient (Wildman–Crippen LogP) is 2.04. The van der Waals surface area contributed by atoms with Crippen LogP contribution in [0, 0.1) is 24.0 Å². The second kappa shape index (κ2) is 4.26. The second-order valence-corrected chi connectivity index (χ2v) is 3.43. The molecule has 86 valence electrons. The summed E-state index contributed by atoms with van der Waals surface area (Å²) in [5.74, 6) is 1.48. The number of terminal acetylenes is 1. The first-order chi connectivity index (χ1) is 8.13. The quantitative estimate of drug-likeness (QED) is 0.807. The van der Waals surface area contributed by atoms with Crippen LogP contribution in [0.1, 0.15) is 0 Å². The van der Waals surface area contributed by atoms with Gasteiger partial charge in [0.05, 0.1) is 12.9 Å². The van der Waals surface area contributed by atoms with E-state index in [0.29, 0.717) is 0 Å². The Morgan fingerprint density at radius 1 is 1.41 bits per heavy atom. The van der Waals surface area contributed by atoms with Gasteiger partial charge < -0.3 is 10.3 Å². The van der Waals surface area contributed by atoms with Gasteiger partial charge in [-0.2, -0.15) is 0 Å². The number of nitrogens with zero attached hydrogens (tertiary/aromatic N) is 2. The van der Waals surface area contributed by atoms with Crippen molar-refractivity contribution in [2.75, 3.05) is 5.73 Å². The first-order valence-corrected chi connectivity index (χ1v) is 4.83. The van der Waals surface area contributed by atoms with E-state index in [9.17, 15) is 8.78 Å². The molecule has 2 rings (SSSR count). The maximum absolute atomic E-state index is 13.5. The fourth-order valence-corrected chi connectivity index (χ4v) is 1.50. The standard InChI is InChI=1S/C12H9F2N3/c1-2-5-17-7-16-11(12(17)15)9-6-8(13)3-4-10(9)14/h1,3-4,6-7H,5,15H2.